The van der Waals surface area contributed by atoms with Crippen LogP contribution in [-0.2, 0) is 0 Å². The lowest BCUT2D eigenvalue weighted by Crippen LogP contribution is -2.38. The second-order valence-corrected chi connectivity index (χ2v) is 6.03. The van der Waals surface area contributed by atoms with E-state index in [2.05, 4.69) is 22.1 Å². The van der Waals surface area contributed by atoms with Gasteiger partial charge in [0.25, 0.3) is 5.91 Å². The molecule has 2 N–H and O–H groups in total. The lowest BCUT2D eigenvalue weighted by Gasteiger charge is -2.24. The van der Waals surface area contributed by atoms with E-state index in [0.717, 1.165) is 36.1 Å². The van der Waals surface area contributed by atoms with Gasteiger partial charge in [-0.3, -0.25) is 4.79 Å². The molecule has 3 unspecified atom stereocenters. The van der Waals surface area contributed by atoms with Crippen LogP contribution in [0.3, 0.4) is 0 Å². The molecule has 0 spiro atoms. The summed E-state index contributed by atoms with van der Waals surface area (Å²) in [6, 6.07) is 8.33. The Morgan fingerprint density at radius 1 is 1.30 bits per heavy atom. The van der Waals surface area contributed by atoms with Gasteiger partial charge in [-0.15, -0.1) is 0 Å². The first-order valence-electron chi connectivity index (χ1n) is 7.33. The molecule has 1 aromatic carbocycles. The highest BCUT2D eigenvalue weighted by Crippen LogP contribution is 2.34. The molecule has 1 amide bonds. The molecular formula is C16H19N3O. The van der Waals surface area contributed by atoms with Gasteiger partial charge in [0.15, 0.2) is 0 Å². The normalized spacial score (nSPS) is 29.1. The average molecular weight is 269 g/mol. The summed E-state index contributed by atoms with van der Waals surface area (Å²) >= 11 is 0. The van der Waals surface area contributed by atoms with Gasteiger partial charge in [-0.2, -0.15) is 0 Å². The van der Waals surface area contributed by atoms with Crippen molar-refractivity contribution in [2.24, 2.45) is 11.8 Å². The molecule has 3 atom stereocenters. The molecule has 104 valence electrons. The van der Waals surface area contributed by atoms with Crippen LogP contribution in [0.15, 0.2) is 30.5 Å². The van der Waals surface area contributed by atoms with Crippen molar-refractivity contribution in [2.45, 2.75) is 13.0 Å². The second-order valence-electron chi connectivity index (χ2n) is 6.03. The number of para-hydroxylation sites is 1. The zero-order chi connectivity index (χ0) is 13.7. The van der Waals surface area contributed by atoms with Crippen LogP contribution < -0.4 is 5.32 Å². The third kappa shape index (κ3) is 1.61. The summed E-state index contributed by atoms with van der Waals surface area (Å²) in [5, 5.41) is 4.46. The van der Waals surface area contributed by atoms with Gasteiger partial charge in [0.2, 0.25) is 0 Å². The molecule has 2 aliphatic rings. The Morgan fingerprint density at radius 2 is 2.15 bits per heavy atom. The van der Waals surface area contributed by atoms with Crippen LogP contribution in [-0.4, -0.2) is 41.5 Å². The highest BCUT2D eigenvalue weighted by atomic mass is 16.2. The molecule has 3 heterocycles. The first-order valence-corrected chi connectivity index (χ1v) is 7.33. The van der Waals surface area contributed by atoms with E-state index in [1.54, 1.807) is 0 Å². The van der Waals surface area contributed by atoms with Crippen molar-refractivity contribution >= 4 is 16.8 Å². The van der Waals surface area contributed by atoms with Crippen molar-refractivity contribution in [1.29, 1.82) is 0 Å². The first kappa shape index (κ1) is 12.0. The maximum absolute atomic E-state index is 12.8. The second kappa shape index (κ2) is 4.35. The molecule has 2 aliphatic heterocycles. The lowest BCUT2D eigenvalue weighted by molar-refractivity contribution is 0.0730. The van der Waals surface area contributed by atoms with Crippen molar-refractivity contribution < 1.29 is 4.79 Å². The van der Waals surface area contributed by atoms with E-state index in [1.165, 1.54) is 0 Å². The number of nitrogens with one attached hydrogen (secondary N) is 2. The minimum atomic E-state index is 0.171. The van der Waals surface area contributed by atoms with E-state index in [4.69, 9.17) is 0 Å². The highest BCUT2D eigenvalue weighted by Gasteiger charge is 2.44. The SMILES string of the molecule is CC1C2CNCC2CN1C(=O)c1c[nH]c2ccccc12. The van der Waals surface area contributed by atoms with E-state index in [1.807, 2.05) is 30.5 Å². The summed E-state index contributed by atoms with van der Waals surface area (Å²) in [5.74, 6) is 1.41. The van der Waals surface area contributed by atoms with Gasteiger partial charge < -0.3 is 15.2 Å². The molecule has 0 aliphatic carbocycles. The average Bonchev–Trinajstić information content (AvgIpc) is 3.14. The Bertz CT molecular complexity index is 663. The van der Waals surface area contributed by atoms with Crippen molar-refractivity contribution in [2.75, 3.05) is 19.6 Å². The number of amides is 1. The summed E-state index contributed by atoms with van der Waals surface area (Å²) in [6.07, 6.45) is 1.85. The van der Waals surface area contributed by atoms with Crippen LogP contribution in [0, 0.1) is 11.8 Å². The monoisotopic (exact) mass is 269 g/mol. The Labute approximate surface area is 118 Å². The molecule has 2 saturated heterocycles. The number of carbonyl (C=O) groups is 1. The van der Waals surface area contributed by atoms with E-state index >= 15 is 0 Å². The van der Waals surface area contributed by atoms with Gasteiger partial charge in [0, 0.05) is 42.8 Å². The number of nitrogens with zero attached hydrogens (tertiary/aromatic N) is 1. The molecule has 0 bridgehead atoms. The van der Waals surface area contributed by atoms with Crippen LogP contribution in [0.5, 0.6) is 0 Å². The van der Waals surface area contributed by atoms with E-state index in [-0.39, 0.29) is 5.91 Å². The maximum Gasteiger partial charge on any atom is 0.256 e. The van der Waals surface area contributed by atoms with Crippen LogP contribution in [0.4, 0.5) is 0 Å². The minimum absolute atomic E-state index is 0.171. The molecular weight excluding hydrogens is 250 g/mol. The number of benzene rings is 1. The van der Waals surface area contributed by atoms with Gasteiger partial charge in [-0.1, -0.05) is 18.2 Å². The summed E-state index contributed by atoms with van der Waals surface area (Å²) in [7, 11) is 0. The van der Waals surface area contributed by atoms with Crippen molar-refractivity contribution in [3.63, 3.8) is 0 Å². The first-order chi connectivity index (χ1) is 9.75. The number of likely N-dealkylation sites (tertiary alicyclic amines) is 1. The lowest BCUT2D eigenvalue weighted by atomic mass is 9.95. The third-order valence-corrected chi connectivity index (χ3v) is 5.02. The number of hydrogen-bond donors (Lipinski definition) is 2. The van der Waals surface area contributed by atoms with Crippen LogP contribution in [0.25, 0.3) is 10.9 Å². The Hall–Kier alpha value is -1.81. The van der Waals surface area contributed by atoms with E-state index < -0.39 is 0 Å². The molecule has 4 rings (SSSR count). The fraction of sp³-hybridized carbons (Fsp3) is 0.438. The highest BCUT2D eigenvalue weighted by molar-refractivity contribution is 6.06. The van der Waals surface area contributed by atoms with Gasteiger partial charge in [0.05, 0.1) is 5.56 Å². The van der Waals surface area contributed by atoms with E-state index in [0.29, 0.717) is 17.9 Å². The number of rotatable bonds is 1. The molecule has 1 aromatic heterocycles. The fourth-order valence-corrected chi connectivity index (χ4v) is 3.84. The Balaban J connectivity index is 1.68. The largest absolute Gasteiger partial charge is 0.360 e. The summed E-state index contributed by atoms with van der Waals surface area (Å²) in [4.78, 5) is 18.1. The molecule has 20 heavy (non-hydrogen) atoms. The smallest absolute Gasteiger partial charge is 0.256 e. The van der Waals surface area contributed by atoms with Gasteiger partial charge in [-0.05, 0) is 24.8 Å². The number of aromatic amines is 1. The third-order valence-electron chi connectivity index (χ3n) is 5.02. The zero-order valence-corrected chi connectivity index (χ0v) is 11.6. The molecule has 2 aromatic rings. The fourth-order valence-electron chi connectivity index (χ4n) is 3.84. The summed E-state index contributed by atoms with van der Waals surface area (Å²) < 4.78 is 0. The predicted molar refractivity (Wildman–Crippen MR) is 78.6 cm³/mol. The van der Waals surface area contributed by atoms with Crippen molar-refractivity contribution in [3.8, 4) is 0 Å². The quantitative estimate of drug-likeness (QED) is 0.830. The molecule has 4 nitrogen and oxygen atoms in total. The van der Waals surface area contributed by atoms with Crippen molar-refractivity contribution in [1.82, 2.24) is 15.2 Å². The van der Waals surface area contributed by atoms with Crippen molar-refractivity contribution in [3.05, 3.63) is 36.0 Å². The standard InChI is InChI=1S/C16H19N3O/c1-10-13-7-17-6-11(13)9-19(10)16(20)14-8-18-15-5-3-2-4-12(14)15/h2-5,8,10-11,13,17-18H,6-7,9H2,1H3. The summed E-state index contributed by atoms with van der Waals surface area (Å²) in [6.45, 7) is 5.16. The molecule has 0 saturated carbocycles. The maximum atomic E-state index is 12.8. The van der Waals surface area contributed by atoms with Gasteiger partial charge in [-0.25, -0.2) is 0 Å². The number of aromatic nitrogens is 1. The zero-order valence-electron chi connectivity index (χ0n) is 11.6. The van der Waals surface area contributed by atoms with Gasteiger partial charge in [0.1, 0.15) is 0 Å². The van der Waals surface area contributed by atoms with Gasteiger partial charge >= 0.3 is 0 Å². The Kier molecular flexibility index (Phi) is 2.60. The molecule has 4 heteroatoms. The predicted octanol–water partition coefficient (Wildman–Crippen LogP) is 1.85. The van der Waals surface area contributed by atoms with E-state index in [9.17, 15) is 4.79 Å². The molecule has 2 fully saturated rings. The number of fused-ring (bicyclic) bond motifs is 2. The minimum Gasteiger partial charge on any atom is -0.360 e. The molecule has 0 radical (unpaired) electrons. The van der Waals surface area contributed by atoms with Crippen LogP contribution in [0.1, 0.15) is 17.3 Å². The topological polar surface area (TPSA) is 48.1 Å². The number of hydrogen-bond acceptors (Lipinski definition) is 2. The number of carbonyl (C=O) groups excluding carboxylic acids is 1. The van der Waals surface area contributed by atoms with Crippen LogP contribution >= 0.6 is 0 Å². The van der Waals surface area contributed by atoms with Crippen LogP contribution in [0.2, 0.25) is 0 Å². The Morgan fingerprint density at radius 3 is 3.00 bits per heavy atom. The summed E-state index contributed by atoms with van der Waals surface area (Å²) in [5.41, 5.74) is 1.84. The number of H-pyrrole nitrogens is 1.